The van der Waals surface area contributed by atoms with Crippen LogP contribution in [0.3, 0.4) is 0 Å². The highest BCUT2D eigenvalue weighted by Crippen LogP contribution is 2.62. The highest BCUT2D eigenvalue weighted by atomic mass is 16.1. The molecule has 4 bridgehead atoms. The number of hydrogen-bond donors (Lipinski definition) is 0. The van der Waals surface area contributed by atoms with E-state index in [0.29, 0.717) is 17.1 Å². The number of hydrogen-bond acceptors (Lipinski definition) is 2. The van der Waals surface area contributed by atoms with Gasteiger partial charge in [-0.05, 0) is 89.1 Å². The van der Waals surface area contributed by atoms with Gasteiger partial charge >= 0.3 is 0 Å². The second-order valence-electron chi connectivity index (χ2n) is 9.03. The van der Waals surface area contributed by atoms with Gasteiger partial charge in [0, 0.05) is 7.85 Å². The fourth-order valence-corrected chi connectivity index (χ4v) is 5.58. The average molecular weight is 280 g/mol. The van der Waals surface area contributed by atoms with Gasteiger partial charge in [-0.15, -0.1) is 0 Å². The number of nitrogens with zero attached hydrogens (tertiary/aromatic N) is 1. The minimum atomic E-state index is -0.307. The zero-order valence-corrected chi connectivity index (χ0v) is 13.9. The zero-order chi connectivity index (χ0) is 14.7. The summed E-state index contributed by atoms with van der Waals surface area (Å²) in [6, 6.07) is 0. The van der Waals surface area contributed by atoms with Crippen molar-refractivity contribution in [2.24, 2.45) is 29.1 Å². The number of carbonyl (C=O) groups is 1. The summed E-state index contributed by atoms with van der Waals surface area (Å²) in [7, 11) is 4.05. The lowest BCUT2D eigenvalue weighted by atomic mass is 9.46. The molecule has 116 valence electrons. The smallest absolute Gasteiger partial charge is 0.152 e. The second-order valence-corrected chi connectivity index (χ2v) is 9.03. The lowest BCUT2D eigenvalue weighted by Crippen LogP contribution is -2.52. The molecule has 4 aliphatic carbocycles. The van der Waals surface area contributed by atoms with E-state index in [1.807, 2.05) is 14.1 Å². The van der Waals surface area contributed by atoms with E-state index in [0.717, 1.165) is 24.2 Å². The summed E-state index contributed by atoms with van der Waals surface area (Å²) < 4.78 is 0. The van der Waals surface area contributed by atoms with Crippen LogP contribution in [-0.2, 0) is 4.79 Å². The molecule has 0 saturated heterocycles. The third-order valence-electron chi connectivity index (χ3n) is 7.00. The summed E-state index contributed by atoms with van der Waals surface area (Å²) >= 11 is 0. The van der Waals surface area contributed by atoms with Crippen molar-refractivity contribution in [3.63, 3.8) is 0 Å². The van der Waals surface area contributed by atoms with Crippen LogP contribution in [0.2, 0.25) is 0 Å². The van der Waals surface area contributed by atoms with Gasteiger partial charge in [-0.2, -0.15) is 0 Å². The first kappa shape index (κ1) is 14.6. The van der Waals surface area contributed by atoms with Crippen molar-refractivity contribution < 1.29 is 6.22 Å². The maximum Gasteiger partial charge on any atom is 0.152 e. The van der Waals surface area contributed by atoms with Crippen molar-refractivity contribution in [2.45, 2.75) is 64.8 Å². The van der Waals surface area contributed by atoms with Gasteiger partial charge in [0.15, 0.2) is 5.78 Å². The first-order chi connectivity index (χ1) is 9.21. The van der Waals surface area contributed by atoms with E-state index in [9.17, 15) is 4.79 Å². The van der Waals surface area contributed by atoms with Crippen LogP contribution in [-0.4, -0.2) is 30.3 Å². The second kappa shape index (κ2) is 4.56. The van der Waals surface area contributed by atoms with Crippen LogP contribution in [0.1, 0.15) is 60.7 Å². The Labute approximate surface area is 125 Å². The molecule has 0 spiro atoms. The van der Waals surface area contributed by atoms with Crippen molar-refractivity contribution in [3.05, 3.63) is 0 Å². The fourth-order valence-electron chi connectivity index (χ4n) is 5.58. The molecule has 0 radical (unpaired) electrons. The van der Waals surface area contributed by atoms with Gasteiger partial charge in [-0.3, -0.25) is 9.69 Å². The molecule has 2 nitrogen and oxygen atoms in total. The Morgan fingerprint density at radius 3 is 2.20 bits per heavy atom. The molecule has 0 aliphatic heterocycles. The van der Waals surface area contributed by atoms with E-state index in [2.05, 4.69) is 25.7 Å². The molecular formula is C18H33NO. The molecule has 20 heavy (non-hydrogen) atoms. The minimum Gasteiger partial charge on any atom is -0.298 e. The average Bonchev–Trinajstić information content (AvgIpc) is 2.31. The van der Waals surface area contributed by atoms with E-state index in [4.69, 9.17) is 0 Å². The van der Waals surface area contributed by atoms with Gasteiger partial charge in [0.1, 0.15) is 0 Å². The number of ketones is 1. The molecule has 0 amide bonds. The number of carbonyl (C=O) groups excluding carboxylic acids is 1. The Morgan fingerprint density at radius 1 is 1.20 bits per heavy atom. The Bertz CT molecular complexity index is 401. The predicted molar refractivity (Wildman–Crippen MR) is 84.7 cm³/mol. The van der Waals surface area contributed by atoms with Crippen LogP contribution >= 0.6 is 0 Å². The quantitative estimate of drug-likeness (QED) is 0.776. The van der Waals surface area contributed by atoms with Crippen molar-refractivity contribution in [3.8, 4) is 0 Å². The largest absolute Gasteiger partial charge is 0.298 e. The Hall–Kier alpha value is -0.370. The summed E-state index contributed by atoms with van der Waals surface area (Å²) in [5.41, 5.74) is 0.311. The SMILES string of the molecule is CN(C)C(C)(C)C(=O)CC1C2CC3CC1CC(C)(C3)C2.[2HH]. The molecule has 4 aliphatic rings. The van der Waals surface area contributed by atoms with E-state index in [1.54, 1.807) is 0 Å². The molecule has 4 fully saturated rings. The molecule has 4 rings (SSSR count). The molecule has 0 aromatic heterocycles. The summed E-state index contributed by atoms with van der Waals surface area (Å²) in [5.74, 6) is 3.79. The lowest BCUT2D eigenvalue weighted by molar-refractivity contribution is -0.136. The topological polar surface area (TPSA) is 20.3 Å². The van der Waals surface area contributed by atoms with Gasteiger partial charge in [-0.1, -0.05) is 6.92 Å². The van der Waals surface area contributed by atoms with Gasteiger partial charge in [-0.25, -0.2) is 0 Å². The normalized spacial score (nSPS) is 43.3. The summed E-state index contributed by atoms with van der Waals surface area (Å²) in [6.45, 7) is 6.65. The van der Waals surface area contributed by atoms with Crippen molar-refractivity contribution >= 4 is 5.78 Å². The lowest BCUT2D eigenvalue weighted by Gasteiger charge is -2.59. The molecular weight excluding hydrogens is 246 g/mol. The van der Waals surface area contributed by atoms with Gasteiger partial charge < -0.3 is 0 Å². The fraction of sp³-hybridized carbons (Fsp3) is 0.944. The standard InChI is InChI=1S/C18H31NO.H2/c1-17(2,19(4)5)16(20)8-15-13-6-12-7-14(15)11-18(3,9-12)10-13;/h12-15H,6-11H2,1-5H3;1H/i;1+1. The Morgan fingerprint density at radius 2 is 1.75 bits per heavy atom. The van der Waals surface area contributed by atoms with Crippen LogP contribution in [0.5, 0.6) is 0 Å². The maximum atomic E-state index is 12.7. The first-order valence-electron chi connectivity index (χ1n) is 8.42. The van der Waals surface area contributed by atoms with E-state index in [1.165, 1.54) is 32.1 Å². The summed E-state index contributed by atoms with van der Waals surface area (Å²) in [5, 5.41) is 0. The van der Waals surface area contributed by atoms with Crippen LogP contribution in [0.4, 0.5) is 0 Å². The molecule has 0 N–H and O–H groups in total. The molecule has 4 saturated carbocycles. The highest BCUT2D eigenvalue weighted by molar-refractivity contribution is 5.87. The molecule has 0 heterocycles. The minimum absolute atomic E-state index is 0. The van der Waals surface area contributed by atoms with Gasteiger partial charge in [0.2, 0.25) is 0 Å². The first-order valence-corrected chi connectivity index (χ1v) is 8.42. The number of likely N-dealkylation sites (N-methyl/N-ethyl adjacent to an activating group) is 1. The van der Waals surface area contributed by atoms with Crippen molar-refractivity contribution in [1.29, 1.82) is 0 Å². The maximum absolute atomic E-state index is 12.7. The Balaban J connectivity index is 0.00000161. The molecule has 0 aromatic carbocycles. The third-order valence-corrected chi connectivity index (χ3v) is 7.00. The number of Topliss-reactive ketones (excluding diaryl/α,β-unsaturated/α-hetero) is 1. The van der Waals surface area contributed by atoms with E-state index >= 15 is 0 Å². The van der Waals surface area contributed by atoms with E-state index in [-0.39, 0.29) is 6.97 Å². The van der Waals surface area contributed by atoms with Gasteiger partial charge in [0.25, 0.3) is 0 Å². The van der Waals surface area contributed by atoms with Crippen LogP contribution in [0.25, 0.3) is 0 Å². The van der Waals surface area contributed by atoms with Crippen LogP contribution < -0.4 is 0 Å². The highest BCUT2D eigenvalue weighted by Gasteiger charge is 2.53. The molecule has 2 heteroatoms. The van der Waals surface area contributed by atoms with Crippen molar-refractivity contribution in [2.75, 3.05) is 14.1 Å². The zero-order valence-electron chi connectivity index (χ0n) is 13.9. The van der Waals surface area contributed by atoms with Crippen LogP contribution in [0.15, 0.2) is 0 Å². The summed E-state index contributed by atoms with van der Waals surface area (Å²) in [6.07, 6.45) is 7.88. The number of rotatable bonds is 4. The summed E-state index contributed by atoms with van der Waals surface area (Å²) in [4.78, 5) is 14.8. The molecule has 0 aromatic rings. The monoisotopic (exact) mass is 280 g/mol. The molecule has 2 atom stereocenters. The third kappa shape index (κ3) is 2.24. The van der Waals surface area contributed by atoms with Crippen LogP contribution in [0, 0.1) is 29.1 Å². The van der Waals surface area contributed by atoms with E-state index < -0.39 is 0 Å². The van der Waals surface area contributed by atoms with Crippen molar-refractivity contribution in [1.82, 2.24) is 4.90 Å². The molecule has 2 unspecified atom stereocenters. The van der Waals surface area contributed by atoms with Gasteiger partial charge in [0.05, 0.1) is 5.54 Å². The predicted octanol–water partition coefficient (Wildman–Crippen LogP) is 3.99. The Kier molecular flexibility index (Phi) is 3.32.